The molecule has 0 radical (unpaired) electrons. The highest BCUT2D eigenvalue weighted by Gasteiger charge is 2.17. The molecule has 0 aromatic heterocycles. The lowest BCUT2D eigenvalue weighted by Crippen LogP contribution is -2.07. The molecule has 28 heavy (non-hydrogen) atoms. The first kappa shape index (κ1) is 20.8. The number of azo groups is 1. The predicted octanol–water partition coefficient (Wildman–Crippen LogP) is 4.82. The summed E-state index contributed by atoms with van der Waals surface area (Å²) in [5, 5.41) is 19.3. The number of carbonyl (C=O) groups excluding carboxylic acids is 1. The molecule has 2 rings (SSSR count). The zero-order valence-corrected chi connectivity index (χ0v) is 15.8. The van der Waals surface area contributed by atoms with Gasteiger partial charge in [-0.1, -0.05) is 25.6 Å². The first-order chi connectivity index (χ1) is 13.3. The highest BCUT2D eigenvalue weighted by molar-refractivity contribution is 5.86. The van der Waals surface area contributed by atoms with Gasteiger partial charge in [0.2, 0.25) is 0 Å². The first-order valence-electron chi connectivity index (χ1n) is 8.72. The highest BCUT2D eigenvalue weighted by Crippen LogP contribution is 2.34. The molecule has 0 amide bonds. The Kier molecular flexibility index (Phi) is 6.97. The number of nitrogens with zero attached hydrogens (tertiary/aromatic N) is 3. The zero-order chi connectivity index (χ0) is 20.7. The number of ether oxygens (including phenoxy) is 1. The van der Waals surface area contributed by atoms with Crippen LogP contribution in [-0.4, -0.2) is 17.5 Å². The van der Waals surface area contributed by atoms with Crippen molar-refractivity contribution in [2.24, 2.45) is 10.2 Å². The molecule has 0 saturated carbocycles. The van der Waals surface area contributed by atoms with E-state index in [1.54, 1.807) is 26.0 Å². The fourth-order valence-electron chi connectivity index (χ4n) is 2.50. The Bertz CT molecular complexity index is 921. The van der Waals surface area contributed by atoms with Crippen molar-refractivity contribution in [1.82, 2.24) is 0 Å². The largest absolute Gasteiger partial charge is 0.462 e. The Balaban J connectivity index is 2.06. The van der Waals surface area contributed by atoms with E-state index in [9.17, 15) is 14.9 Å². The maximum absolute atomic E-state index is 11.3. The van der Waals surface area contributed by atoms with Crippen LogP contribution in [0.4, 0.5) is 22.7 Å². The van der Waals surface area contributed by atoms with E-state index in [0.717, 1.165) is 5.56 Å². The van der Waals surface area contributed by atoms with E-state index in [0.29, 0.717) is 35.4 Å². The summed E-state index contributed by atoms with van der Waals surface area (Å²) >= 11 is 0. The van der Waals surface area contributed by atoms with Crippen molar-refractivity contribution in [3.63, 3.8) is 0 Å². The monoisotopic (exact) mass is 382 g/mol. The molecule has 2 N–H and O–H groups in total. The maximum atomic E-state index is 11.3. The van der Waals surface area contributed by atoms with Gasteiger partial charge in [0, 0.05) is 18.1 Å². The lowest BCUT2D eigenvalue weighted by Gasteiger charge is -2.06. The van der Waals surface area contributed by atoms with Crippen LogP contribution in [0.1, 0.15) is 25.0 Å². The van der Waals surface area contributed by atoms with Crippen molar-refractivity contribution in [2.45, 2.75) is 26.7 Å². The quantitative estimate of drug-likeness (QED) is 0.175. The van der Waals surface area contributed by atoms with Gasteiger partial charge in [0.05, 0.1) is 28.5 Å². The van der Waals surface area contributed by atoms with E-state index >= 15 is 0 Å². The number of rotatable bonds is 8. The molecule has 0 aliphatic rings. The van der Waals surface area contributed by atoms with E-state index in [2.05, 4.69) is 16.8 Å². The Morgan fingerprint density at radius 2 is 1.89 bits per heavy atom. The smallest absolute Gasteiger partial charge is 0.333 e. The van der Waals surface area contributed by atoms with Crippen molar-refractivity contribution in [3.05, 3.63) is 69.8 Å². The van der Waals surface area contributed by atoms with Crippen LogP contribution in [0, 0.1) is 10.1 Å². The van der Waals surface area contributed by atoms with E-state index < -0.39 is 10.9 Å². The molecule has 0 spiro atoms. The molecular formula is C20H22N4O4. The van der Waals surface area contributed by atoms with Crippen molar-refractivity contribution < 1.29 is 14.5 Å². The Morgan fingerprint density at radius 1 is 1.21 bits per heavy atom. The standard InChI is InChI=1S/C20H22N4O4/c1-4-16-18(24(26)27)10-9-17(19(16)21)23-22-15-7-5-14(6-8-15)11-12-28-20(25)13(2)3/h5-10H,2,4,11-12,21H2,1,3H3. The summed E-state index contributed by atoms with van der Waals surface area (Å²) in [7, 11) is 0. The molecule has 0 aliphatic carbocycles. The number of carbonyl (C=O) groups is 1. The summed E-state index contributed by atoms with van der Waals surface area (Å²) in [5.41, 5.74) is 9.05. The van der Waals surface area contributed by atoms with Gasteiger partial charge in [-0.05, 0) is 37.1 Å². The molecule has 0 saturated heterocycles. The van der Waals surface area contributed by atoms with Crippen molar-refractivity contribution in [3.8, 4) is 0 Å². The van der Waals surface area contributed by atoms with Gasteiger partial charge in [0.1, 0.15) is 5.69 Å². The van der Waals surface area contributed by atoms with Gasteiger partial charge in [0.15, 0.2) is 0 Å². The normalized spacial score (nSPS) is 10.8. The molecule has 0 unspecified atom stereocenters. The molecule has 0 fully saturated rings. The second-order valence-electron chi connectivity index (χ2n) is 6.14. The van der Waals surface area contributed by atoms with Crippen LogP contribution in [0.25, 0.3) is 0 Å². The average Bonchev–Trinajstić information content (AvgIpc) is 2.67. The van der Waals surface area contributed by atoms with E-state index in [4.69, 9.17) is 10.5 Å². The third-order valence-corrected chi connectivity index (χ3v) is 4.04. The Hall–Kier alpha value is -3.55. The summed E-state index contributed by atoms with van der Waals surface area (Å²) in [4.78, 5) is 22.0. The number of benzene rings is 2. The van der Waals surface area contributed by atoms with Crippen molar-refractivity contribution >= 4 is 28.7 Å². The van der Waals surface area contributed by atoms with Crippen LogP contribution in [0.15, 0.2) is 58.8 Å². The topological polar surface area (TPSA) is 120 Å². The lowest BCUT2D eigenvalue weighted by molar-refractivity contribution is -0.385. The number of nitro benzene ring substituents is 1. The Morgan fingerprint density at radius 3 is 2.46 bits per heavy atom. The summed E-state index contributed by atoms with van der Waals surface area (Å²) in [6.45, 7) is 7.20. The van der Waals surface area contributed by atoms with E-state index in [-0.39, 0.29) is 18.0 Å². The lowest BCUT2D eigenvalue weighted by atomic mass is 10.1. The van der Waals surface area contributed by atoms with Crippen molar-refractivity contribution in [2.75, 3.05) is 12.3 Å². The summed E-state index contributed by atoms with van der Waals surface area (Å²) in [5.74, 6) is -0.405. The van der Waals surface area contributed by atoms with Crippen LogP contribution >= 0.6 is 0 Å². The Labute approximate surface area is 162 Å². The molecule has 0 aliphatic heterocycles. The molecule has 0 bridgehead atoms. The molecular weight excluding hydrogens is 360 g/mol. The number of nitro groups is 1. The molecule has 8 heteroatoms. The van der Waals surface area contributed by atoms with Crippen LogP contribution in [0.2, 0.25) is 0 Å². The van der Waals surface area contributed by atoms with Gasteiger partial charge in [-0.3, -0.25) is 10.1 Å². The van der Waals surface area contributed by atoms with Gasteiger partial charge >= 0.3 is 5.97 Å². The van der Waals surface area contributed by atoms with Gasteiger partial charge < -0.3 is 10.5 Å². The maximum Gasteiger partial charge on any atom is 0.333 e. The molecule has 2 aromatic carbocycles. The van der Waals surface area contributed by atoms with E-state index in [1.165, 1.54) is 12.1 Å². The van der Waals surface area contributed by atoms with Gasteiger partial charge in [-0.2, -0.15) is 5.11 Å². The SMILES string of the molecule is C=C(C)C(=O)OCCc1ccc(N=Nc2ccc([N+](=O)[O-])c(CC)c2N)cc1. The average molecular weight is 382 g/mol. The van der Waals surface area contributed by atoms with Gasteiger partial charge in [-0.25, -0.2) is 4.79 Å². The van der Waals surface area contributed by atoms with Crippen LogP contribution < -0.4 is 5.73 Å². The summed E-state index contributed by atoms with van der Waals surface area (Å²) in [6, 6.07) is 10.2. The predicted molar refractivity (Wildman–Crippen MR) is 107 cm³/mol. The second-order valence-corrected chi connectivity index (χ2v) is 6.14. The molecule has 2 aromatic rings. The summed E-state index contributed by atoms with van der Waals surface area (Å²) in [6.07, 6.45) is 1.00. The molecule has 0 heterocycles. The number of anilines is 1. The fraction of sp³-hybridized carbons (Fsp3) is 0.250. The minimum Gasteiger partial charge on any atom is -0.462 e. The van der Waals surface area contributed by atoms with Crippen LogP contribution in [0.5, 0.6) is 0 Å². The number of hydrogen-bond donors (Lipinski definition) is 1. The minimum atomic E-state index is -0.456. The third-order valence-electron chi connectivity index (χ3n) is 4.04. The summed E-state index contributed by atoms with van der Waals surface area (Å²) < 4.78 is 5.06. The number of nitrogens with two attached hydrogens (primary N) is 1. The van der Waals surface area contributed by atoms with Gasteiger partial charge in [-0.15, -0.1) is 5.11 Å². The highest BCUT2D eigenvalue weighted by atomic mass is 16.6. The molecule has 146 valence electrons. The van der Waals surface area contributed by atoms with Gasteiger partial charge in [0.25, 0.3) is 5.69 Å². The molecule has 0 atom stereocenters. The zero-order valence-electron chi connectivity index (χ0n) is 15.8. The number of esters is 1. The fourth-order valence-corrected chi connectivity index (χ4v) is 2.50. The minimum absolute atomic E-state index is 0.0179. The van der Waals surface area contributed by atoms with Crippen molar-refractivity contribution in [1.29, 1.82) is 0 Å². The second kappa shape index (κ2) is 9.40. The third kappa shape index (κ3) is 5.23. The molecule has 8 nitrogen and oxygen atoms in total. The number of hydrogen-bond acceptors (Lipinski definition) is 7. The van der Waals surface area contributed by atoms with E-state index in [1.807, 2.05) is 12.1 Å². The van der Waals surface area contributed by atoms with Crippen LogP contribution in [0.3, 0.4) is 0 Å². The first-order valence-corrected chi connectivity index (χ1v) is 8.72. The number of nitrogen functional groups attached to an aromatic ring is 1. The van der Waals surface area contributed by atoms with Crippen LogP contribution in [-0.2, 0) is 22.4 Å².